The number of benzene rings is 1. The molecule has 0 aliphatic heterocycles. The van der Waals surface area contributed by atoms with Crippen molar-refractivity contribution in [1.29, 1.82) is 0 Å². The maximum Gasteiger partial charge on any atom is 0.286 e. The van der Waals surface area contributed by atoms with Gasteiger partial charge in [-0.15, -0.1) is 0 Å². The van der Waals surface area contributed by atoms with Crippen LogP contribution in [0.4, 0.5) is 0 Å². The second kappa shape index (κ2) is 8.58. The lowest BCUT2D eigenvalue weighted by Gasteiger charge is -2.10. The van der Waals surface area contributed by atoms with Crippen LogP contribution in [0, 0.1) is 20.8 Å². The Balaban J connectivity index is 1.46. The van der Waals surface area contributed by atoms with Crippen molar-refractivity contribution in [2.24, 2.45) is 0 Å². The fraction of sp³-hybridized carbons (Fsp3) is 0.333. The average Bonchev–Trinajstić information content (AvgIpc) is 3.27. The van der Waals surface area contributed by atoms with Crippen molar-refractivity contribution in [3.8, 4) is 5.75 Å². The van der Waals surface area contributed by atoms with Gasteiger partial charge in [0.25, 0.3) is 5.91 Å². The minimum absolute atomic E-state index is 0.218. The summed E-state index contributed by atoms with van der Waals surface area (Å²) in [5.41, 5.74) is 3.14. The number of carbonyl (C=O) groups is 1. The zero-order valence-corrected chi connectivity index (χ0v) is 16.0. The predicted molar refractivity (Wildman–Crippen MR) is 103 cm³/mol. The van der Waals surface area contributed by atoms with Crippen LogP contribution in [0.15, 0.2) is 47.0 Å². The molecule has 0 spiro atoms. The molecule has 6 nitrogen and oxygen atoms in total. The van der Waals surface area contributed by atoms with Gasteiger partial charge in [0.15, 0.2) is 5.76 Å². The fourth-order valence-electron chi connectivity index (χ4n) is 2.87. The van der Waals surface area contributed by atoms with E-state index in [0.717, 1.165) is 35.5 Å². The number of nitrogens with zero attached hydrogens (tertiary/aromatic N) is 2. The van der Waals surface area contributed by atoms with Gasteiger partial charge in [0.05, 0.1) is 5.69 Å². The van der Waals surface area contributed by atoms with Crippen molar-refractivity contribution in [3.05, 3.63) is 70.9 Å². The topological polar surface area (TPSA) is 69.3 Å². The molecule has 1 aromatic carbocycles. The fourth-order valence-corrected chi connectivity index (χ4v) is 2.87. The number of hydrogen-bond donors (Lipinski definition) is 1. The molecule has 3 aromatic rings. The molecule has 0 atom stereocenters. The maximum absolute atomic E-state index is 12.2. The van der Waals surface area contributed by atoms with E-state index in [0.29, 0.717) is 18.1 Å². The first kappa shape index (κ1) is 18.8. The number of ether oxygens (including phenoxy) is 1. The summed E-state index contributed by atoms with van der Waals surface area (Å²) in [5.74, 6) is 1.55. The Hall–Kier alpha value is -3.02. The molecular weight excluding hydrogens is 342 g/mol. The maximum atomic E-state index is 12.2. The summed E-state index contributed by atoms with van der Waals surface area (Å²) in [6.07, 6.45) is 2.74. The third kappa shape index (κ3) is 5.00. The number of rotatable bonds is 8. The lowest BCUT2D eigenvalue weighted by molar-refractivity contribution is 0.0920. The van der Waals surface area contributed by atoms with Gasteiger partial charge in [-0.3, -0.25) is 9.48 Å². The van der Waals surface area contributed by atoms with E-state index in [1.165, 1.54) is 0 Å². The average molecular weight is 367 g/mol. The number of furan rings is 1. The highest BCUT2D eigenvalue weighted by Gasteiger charge is 2.12. The van der Waals surface area contributed by atoms with Crippen LogP contribution < -0.4 is 10.1 Å². The summed E-state index contributed by atoms with van der Waals surface area (Å²) in [5, 5.41) is 7.18. The first-order chi connectivity index (χ1) is 13.0. The predicted octanol–water partition coefficient (Wildman–Crippen LogP) is 3.80. The van der Waals surface area contributed by atoms with Crippen LogP contribution in [0.25, 0.3) is 0 Å². The summed E-state index contributed by atoms with van der Waals surface area (Å²) < 4.78 is 13.3. The largest absolute Gasteiger partial charge is 0.485 e. The quantitative estimate of drug-likeness (QED) is 0.615. The summed E-state index contributed by atoms with van der Waals surface area (Å²) in [6.45, 7) is 7.59. The van der Waals surface area contributed by atoms with Crippen LogP contribution in [0.5, 0.6) is 5.75 Å². The minimum atomic E-state index is -0.218. The molecule has 27 heavy (non-hydrogen) atoms. The van der Waals surface area contributed by atoms with Crippen LogP contribution in [-0.2, 0) is 13.2 Å². The van der Waals surface area contributed by atoms with Crippen molar-refractivity contribution in [3.63, 3.8) is 0 Å². The number of aromatic nitrogens is 2. The van der Waals surface area contributed by atoms with Gasteiger partial charge in [-0.1, -0.05) is 18.2 Å². The van der Waals surface area contributed by atoms with E-state index < -0.39 is 0 Å². The molecule has 1 amide bonds. The molecule has 142 valence electrons. The molecule has 0 aliphatic carbocycles. The van der Waals surface area contributed by atoms with Crippen LogP contribution in [0.3, 0.4) is 0 Å². The summed E-state index contributed by atoms with van der Waals surface area (Å²) in [7, 11) is 0. The van der Waals surface area contributed by atoms with Crippen molar-refractivity contribution in [2.45, 2.75) is 40.3 Å². The Morgan fingerprint density at radius 3 is 2.63 bits per heavy atom. The Bertz CT molecular complexity index is 891. The first-order valence-electron chi connectivity index (χ1n) is 9.09. The first-order valence-corrected chi connectivity index (χ1v) is 9.09. The number of aryl methyl sites for hydroxylation is 4. The third-order valence-corrected chi connectivity index (χ3v) is 4.28. The molecule has 3 rings (SSSR count). The van der Waals surface area contributed by atoms with E-state index in [9.17, 15) is 4.79 Å². The van der Waals surface area contributed by atoms with E-state index in [4.69, 9.17) is 9.15 Å². The molecular formula is C21H25N3O3. The molecule has 0 saturated carbocycles. The number of para-hydroxylation sites is 1. The van der Waals surface area contributed by atoms with Crippen LogP contribution in [-0.4, -0.2) is 22.2 Å². The zero-order valence-electron chi connectivity index (χ0n) is 16.0. The monoisotopic (exact) mass is 367 g/mol. The van der Waals surface area contributed by atoms with Crippen molar-refractivity contribution in [2.75, 3.05) is 6.54 Å². The molecule has 0 bridgehead atoms. The third-order valence-electron chi connectivity index (χ3n) is 4.28. The van der Waals surface area contributed by atoms with Gasteiger partial charge in [0.1, 0.15) is 18.1 Å². The van der Waals surface area contributed by atoms with Crippen LogP contribution in [0.2, 0.25) is 0 Å². The van der Waals surface area contributed by atoms with E-state index in [1.54, 1.807) is 12.1 Å². The second-order valence-electron chi connectivity index (χ2n) is 6.61. The van der Waals surface area contributed by atoms with Gasteiger partial charge in [0.2, 0.25) is 0 Å². The van der Waals surface area contributed by atoms with Gasteiger partial charge in [-0.2, -0.15) is 5.10 Å². The van der Waals surface area contributed by atoms with E-state index in [2.05, 4.69) is 10.4 Å². The highest BCUT2D eigenvalue weighted by Crippen LogP contribution is 2.23. The van der Waals surface area contributed by atoms with E-state index >= 15 is 0 Å². The number of carbonyl (C=O) groups excluding carboxylic acids is 1. The molecule has 0 saturated heterocycles. The second-order valence-corrected chi connectivity index (χ2v) is 6.61. The normalized spacial score (nSPS) is 10.8. The zero-order chi connectivity index (χ0) is 19.2. The molecule has 2 aromatic heterocycles. The standard InChI is InChI=1S/C21H25N3O3/c1-15-6-4-7-16(2)20(15)26-14-18-8-9-19(27-18)21(25)22-11-5-12-24-13-10-17(3)23-24/h4,6-10,13H,5,11-12,14H2,1-3H3,(H,22,25). The van der Waals surface area contributed by atoms with Crippen molar-refractivity contribution < 1.29 is 13.9 Å². The lowest BCUT2D eigenvalue weighted by atomic mass is 10.1. The number of nitrogens with one attached hydrogen (secondary N) is 1. The number of hydrogen-bond acceptors (Lipinski definition) is 4. The Morgan fingerprint density at radius 1 is 1.15 bits per heavy atom. The number of amides is 1. The van der Waals surface area contributed by atoms with E-state index in [1.807, 2.05) is 55.9 Å². The summed E-state index contributed by atoms with van der Waals surface area (Å²) in [6, 6.07) is 11.4. The van der Waals surface area contributed by atoms with Gasteiger partial charge >= 0.3 is 0 Å². The Kier molecular flexibility index (Phi) is 5.96. The van der Waals surface area contributed by atoms with Gasteiger partial charge in [-0.05, 0) is 56.5 Å². The van der Waals surface area contributed by atoms with Crippen molar-refractivity contribution in [1.82, 2.24) is 15.1 Å². The van der Waals surface area contributed by atoms with Gasteiger partial charge in [0, 0.05) is 19.3 Å². The SMILES string of the molecule is Cc1ccn(CCCNC(=O)c2ccc(COc3c(C)cccc3C)o2)n1. The molecule has 0 unspecified atom stereocenters. The molecule has 0 fully saturated rings. The summed E-state index contributed by atoms with van der Waals surface area (Å²) in [4.78, 5) is 12.2. The molecule has 1 N–H and O–H groups in total. The minimum Gasteiger partial charge on any atom is -0.485 e. The smallest absolute Gasteiger partial charge is 0.286 e. The lowest BCUT2D eigenvalue weighted by Crippen LogP contribution is -2.24. The summed E-state index contributed by atoms with van der Waals surface area (Å²) >= 11 is 0. The van der Waals surface area contributed by atoms with Gasteiger partial charge in [-0.25, -0.2) is 0 Å². The van der Waals surface area contributed by atoms with Crippen LogP contribution >= 0.6 is 0 Å². The highest BCUT2D eigenvalue weighted by atomic mass is 16.5. The molecule has 0 aliphatic rings. The van der Waals surface area contributed by atoms with E-state index in [-0.39, 0.29) is 12.5 Å². The molecule has 0 radical (unpaired) electrons. The van der Waals surface area contributed by atoms with Gasteiger partial charge < -0.3 is 14.5 Å². The van der Waals surface area contributed by atoms with Crippen molar-refractivity contribution >= 4 is 5.91 Å². The Morgan fingerprint density at radius 2 is 1.93 bits per heavy atom. The van der Waals surface area contributed by atoms with Crippen LogP contribution in [0.1, 0.15) is 39.6 Å². The highest BCUT2D eigenvalue weighted by molar-refractivity contribution is 5.91. The Labute approximate surface area is 159 Å². The molecule has 2 heterocycles. The molecule has 6 heteroatoms.